The van der Waals surface area contributed by atoms with E-state index in [-0.39, 0.29) is 23.1 Å². The number of nitrogens with one attached hydrogen (secondary N) is 1. The van der Waals surface area contributed by atoms with Crippen LogP contribution in [0.2, 0.25) is 25.7 Å². The molecule has 0 radical (unpaired) electrons. The number of anilines is 6. The van der Waals surface area contributed by atoms with E-state index < -0.39 is 58.2 Å². The van der Waals surface area contributed by atoms with Crippen LogP contribution in [-0.4, -0.2) is 182 Å². The van der Waals surface area contributed by atoms with Crippen molar-refractivity contribution in [3.8, 4) is 58.7 Å². The largest absolute Gasteiger partial charge is 0.508 e. The number of fused-ring (bicyclic) bond motifs is 8. The van der Waals surface area contributed by atoms with Crippen LogP contribution in [0.3, 0.4) is 0 Å². The molecule has 0 unspecified atom stereocenters. The van der Waals surface area contributed by atoms with Crippen molar-refractivity contribution in [1.82, 2.24) is 9.97 Å². The highest BCUT2D eigenvalue weighted by molar-refractivity contribution is 14.1. The summed E-state index contributed by atoms with van der Waals surface area (Å²) in [6.07, 6.45) is 25.9. The molecule has 760 valence electrons. The highest BCUT2D eigenvalue weighted by Crippen LogP contribution is 2.40. The number of terminal acetylenes is 1. The van der Waals surface area contributed by atoms with Crippen LogP contribution in [0.1, 0.15) is 99.7 Å². The highest BCUT2D eigenvalue weighted by Gasteiger charge is 2.31. The lowest BCUT2D eigenvalue weighted by Crippen LogP contribution is -2.34. The van der Waals surface area contributed by atoms with Gasteiger partial charge in [0.25, 0.3) is 0 Å². The first-order valence-electron chi connectivity index (χ1n) is 45.5. The molecule has 0 amide bonds. The predicted octanol–water partition coefficient (Wildman–Crippen LogP) is 21.3. The zero-order valence-electron chi connectivity index (χ0n) is 82.0. The van der Waals surface area contributed by atoms with E-state index in [1.54, 1.807) is 83.3 Å². The number of rotatable bonds is 13. The second-order valence-corrected chi connectivity index (χ2v) is 53.9. The Hall–Kier alpha value is -9.99. The molecule has 12 aromatic rings. The first-order chi connectivity index (χ1) is 67.1. The summed E-state index contributed by atoms with van der Waals surface area (Å²) < 4.78 is 178. The summed E-state index contributed by atoms with van der Waals surface area (Å²) in [5, 5.41) is 24.3. The van der Waals surface area contributed by atoms with Gasteiger partial charge in [-0.2, -0.15) is 0 Å². The third-order valence-electron chi connectivity index (χ3n) is 22.9. The molecule has 0 fully saturated rings. The van der Waals surface area contributed by atoms with Crippen LogP contribution in [-0.2, 0) is 93.4 Å². The van der Waals surface area contributed by atoms with E-state index in [1.807, 2.05) is 140 Å². The standard InChI is InChI=1S/C19H18FNO2S.C11H14INO3S.C11H14INO2S.C11H15NO3S.C10H12INO3S.C10H13NO.C10H9NO.C9H7NO.C8H5F.C6H15ClOSi/c1-14-12-19-17(4-3-11-21(19)24(2,22)23)13-16(14)8-5-15-6-9-18(20)10-7-15;1-16-11-7-10-8(6-9(11)12)4-3-5-13(10)17(2,14)15;1-8-6-11-9(7-10(8)12)4-3-5-13(11)16(2,14)15;1-15-10-6-5-9-4-3-7-12(11(9)8-10)16(2,13)14;1-16(14,15)12-4-2-3-7-5-8(11)10(13)6-9(7)12;2*1-12-9-5-4-8-3-2-6-11-10(8)7-9;11-8-4-3-7-2-1-5-10-9(7)6-8;1-2-7-3-5-8(9)6-4-7;1-9(2,3)5-4-8-6-7/h6-7,9-10,12-13H,3-4,11H2,1-2H3;6-7H,3-5H2,1-2H3;6-7H,3-5H2,1-2H3;5-6,8H,3-4,7H2,1-2H3;5-6,13H,2-4H2,1H3;4-5,7,11H,2-3,6H2,1H3;2-7H,1H3;1-6,11H;1,3-6H;4-6H2,1-3H3. The molecule has 8 heterocycles. The van der Waals surface area contributed by atoms with Gasteiger partial charge in [-0.15, -0.1) is 6.42 Å². The number of ether oxygens (including phenoxy) is 5. The monoisotopic (exact) mass is 2410 g/mol. The minimum absolute atomic E-state index is 0.134. The molecule has 25 nitrogen and oxygen atoms in total. The Kier molecular flexibility index (Phi) is 43.7. The number of methoxy groups -OCH3 is 4. The lowest BCUT2D eigenvalue weighted by atomic mass is 9.97. The second-order valence-electron chi connectivity index (χ2n) is 35.0. The number of phenolic OH excluding ortho intramolecular Hbond substituents is 2. The molecule has 3 N–H and O–H groups in total. The molecule has 6 aliphatic rings. The molecule has 2 aromatic heterocycles. The minimum atomic E-state index is -3.27. The summed E-state index contributed by atoms with van der Waals surface area (Å²) in [5.74, 6) is 11.6. The van der Waals surface area contributed by atoms with Crippen LogP contribution < -0.4 is 45.8 Å². The number of nitrogens with zero attached hydrogens (tertiary/aromatic N) is 7. The lowest BCUT2D eigenvalue weighted by Gasteiger charge is -2.29. The summed E-state index contributed by atoms with van der Waals surface area (Å²) in [6.45, 7) is 15.5. The van der Waals surface area contributed by atoms with Gasteiger partial charge < -0.3 is 39.2 Å². The lowest BCUT2D eigenvalue weighted by molar-refractivity contribution is 0.194. The van der Waals surface area contributed by atoms with Gasteiger partial charge in [0.05, 0.1) is 106 Å². The van der Waals surface area contributed by atoms with Crippen molar-refractivity contribution in [2.24, 2.45) is 0 Å². The number of pyridine rings is 2. The summed E-state index contributed by atoms with van der Waals surface area (Å²) >= 11 is 11.9. The van der Waals surface area contributed by atoms with Gasteiger partial charge in [0.15, 0.2) is 0 Å². The van der Waals surface area contributed by atoms with Crippen LogP contribution in [0.15, 0.2) is 207 Å². The van der Waals surface area contributed by atoms with E-state index >= 15 is 0 Å². The Morgan fingerprint density at radius 2 is 0.838 bits per heavy atom. The van der Waals surface area contributed by atoms with Gasteiger partial charge in [0.2, 0.25) is 50.1 Å². The zero-order chi connectivity index (χ0) is 104. The average molecular weight is 2410 g/mol. The highest BCUT2D eigenvalue weighted by atomic mass is 127. The molecular weight excluding hydrogens is 2290 g/mol. The number of sulfonamides is 5. The van der Waals surface area contributed by atoms with Gasteiger partial charge in [0.1, 0.15) is 52.2 Å². The zero-order valence-corrected chi connectivity index (χ0v) is 94.3. The fourth-order valence-electron chi connectivity index (χ4n) is 15.6. The molecular formula is C105H122ClF2I3N8O17S5Si. The number of aryl methyl sites for hydroxylation is 8. The Morgan fingerprint density at radius 1 is 0.437 bits per heavy atom. The first-order valence-corrected chi connectivity index (χ1v) is 62.2. The van der Waals surface area contributed by atoms with Crippen molar-refractivity contribution in [3.05, 3.63) is 290 Å². The van der Waals surface area contributed by atoms with Crippen LogP contribution in [0.25, 0.3) is 21.8 Å². The number of aromatic hydroxyl groups is 2. The van der Waals surface area contributed by atoms with Crippen LogP contribution >= 0.6 is 79.4 Å². The number of halogens is 6. The van der Waals surface area contributed by atoms with Crippen LogP contribution in [0.4, 0.5) is 42.9 Å². The summed E-state index contributed by atoms with van der Waals surface area (Å²) in [6, 6.07) is 59.2. The van der Waals surface area contributed by atoms with E-state index in [2.05, 4.69) is 116 Å². The molecule has 6 aliphatic heterocycles. The van der Waals surface area contributed by atoms with E-state index in [0.29, 0.717) is 55.8 Å². The van der Waals surface area contributed by atoms with Crippen molar-refractivity contribution in [2.75, 3.05) is 139 Å². The fraction of sp³-hybridized carbons (Fsp3) is 0.333. The number of hydrogen-bond acceptors (Lipinski definition) is 20. The number of alkyl halides is 1. The quantitative estimate of drug-likeness (QED) is 0.0317. The van der Waals surface area contributed by atoms with E-state index in [0.717, 1.165) is 196 Å². The third-order valence-corrected chi connectivity index (χ3v) is 33.5. The molecule has 0 aliphatic carbocycles. The Balaban J connectivity index is 0.000000178. The van der Waals surface area contributed by atoms with Gasteiger partial charge in [-0.3, -0.25) is 31.5 Å². The Labute approximate surface area is 883 Å². The molecule has 37 heteroatoms. The number of phenols is 2. The summed E-state index contributed by atoms with van der Waals surface area (Å²) in [5.41, 5.74) is 17.9. The van der Waals surface area contributed by atoms with Crippen LogP contribution in [0.5, 0.6) is 34.5 Å². The number of benzene rings is 10. The Morgan fingerprint density at radius 3 is 1.31 bits per heavy atom. The molecule has 0 saturated carbocycles. The van der Waals surface area contributed by atoms with E-state index in [4.69, 9.17) is 46.8 Å². The normalized spacial score (nSPS) is 13.8. The van der Waals surface area contributed by atoms with Gasteiger partial charge in [-0.25, -0.2) is 50.9 Å². The maximum Gasteiger partial charge on any atom is 0.232 e. The Bertz CT molecular complexity index is 7000. The first kappa shape index (κ1) is 116. The van der Waals surface area contributed by atoms with E-state index in [9.17, 15) is 56.0 Å². The maximum atomic E-state index is 12.9. The molecule has 0 bridgehead atoms. The fourth-order valence-corrected chi connectivity index (χ4v) is 23.2. The third kappa shape index (κ3) is 35.2. The minimum Gasteiger partial charge on any atom is -0.508 e. The summed E-state index contributed by atoms with van der Waals surface area (Å²) in [7, 11) is -10.4. The smallest absolute Gasteiger partial charge is 0.232 e. The maximum absolute atomic E-state index is 12.9. The van der Waals surface area contributed by atoms with Crippen molar-refractivity contribution >= 4 is 193 Å². The number of hydrogen-bond donors (Lipinski definition) is 3. The second kappa shape index (κ2) is 53.7. The van der Waals surface area contributed by atoms with E-state index in [1.165, 1.54) is 117 Å². The van der Waals surface area contributed by atoms with Gasteiger partial charge in [0, 0.05) is 139 Å². The average Bonchev–Trinajstić information content (AvgIpc) is 0.795. The van der Waals surface area contributed by atoms with Crippen molar-refractivity contribution in [2.45, 2.75) is 117 Å². The van der Waals surface area contributed by atoms with Gasteiger partial charge in [-0.05, 0) is 343 Å². The van der Waals surface area contributed by atoms with Gasteiger partial charge in [-0.1, -0.05) is 73.3 Å². The van der Waals surface area contributed by atoms with Crippen molar-refractivity contribution < 1.29 is 84.8 Å². The van der Waals surface area contributed by atoms with Crippen LogP contribution in [0, 0.1) is 60.4 Å². The topological polar surface area (TPSA) is 311 Å². The van der Waals surface area contributed by atoms with Gasteiger partial charge >= 0.3 is 0 Å². The molecule has 0 atom stereocenters. The molecule has 18 rings (SSSR count). The molecule has 142 heavy (non-hydrogen) atoms. The molecule has 10 aromatic carbocycles. The molecule has 0 saturated heterocycles. The van der Waals surface area contributed by atoms with Crippen molar-refractivity contribution in [3.63, 3.8) is 0 Å². The molecule has 0 spiro atoms. The predicted molar refractivity (Wildman–Crippen MR) is 600 cm³/mol. The van der Waals surface area contributed by atoms with Crippen molar-refractivity contribution in [1.29, 1.82) is 0 Å². The summed E-state index contributed by atoms with van der Waals surface area (Å²) in [4.78, 5) is 8.29. The SMILES string of the molecule is C#Cc1ccc(F)cc1.COc1cc2c(cc1I)CCCN2S(C)(=O)=O.COc1ccc2c(c1)N(S(C)(=O)=O)CCC2.COc1ccc2c(c1)NCCC2.COc1ccc2cccnc2c1.CS(=O)(=O)N1CCCc2cc(I)c(O)cc21.C[Si](C)(C)CCOCCl.Cc1cc2c(cc1C#Cc1ccc(F)cc1)CCCN2S(C)(=O)=O.Cc1cc2c(cc1I)CCCN2S(C)(=O)=O.Oc1ccc2cccnc2c1. The number of aromatic nitrogens is 2.